The summed E-state index contributed by atoms with van der Waals surface area (Å²) in [6.07, 6.45) is 0. The summed E-state index contributed by atoms with van der Waals surface area (Å²) in [6.45, 7) is 1.61. The molecule has 0 N–H and O–H groups in total. The number of ether oxygens (including phenoxy) is 1. The molecule has 10 heavy (non-hydrogen) atoms. The van der Waals surface area contributed by atoms with Crippen LogP contribution in [0, 0.1) is 4.99 Å². The molecule has 0 saturated heterocycles. The van der Waals surface area contributed by atoms with E-state index >= 15 is 0 Å². The Balaban J connectivity index is -0.000000245. The van der Waals surface area contributed by atoms with Crippen LogP contribution >= 0.6 is 15.9 Å². The van der Waals surface area contributed by atoms with Crippen LogP contribution in [-0.2, 0) is 9.53 Å². The second kappa shape index (κ2) is 9.75. The number of carbonyl (C=O) groups excluding carboxylic acids is 1. The molecule has 0 aliphatic carbocycles. The van der Waals surface area contributed by atoms with E-state index in [4.69, 9.17) is 0 Å². The van der Waals surface area contributed by atoms with Crippen molar-refractivity contribution in [3.8, 4) is 0 Å². The van der Waals surface area contributed by atoms with Gasteiger partial charge >= 0.3 is 23.1 Å². The monoisotopic (exact) mass is 236 g/mol. The molecule has 0 saturated carbocycles. The van der Waals surface area contributed by atoms with E-state index in [9.17, 15) is 4.79 Å². The third-order valence-electron chi connectivity index (χ3n) is 0.633. The smallest absolute Gasteiger partial charge is 1.00 e. The van der Waals surface area contributed by atoms with Crippen molar-refractivity contribution in [2.24, 2.45) is 0 Å². The van der Waals surface area contributed by atoms with Gasteiger partial charge < -0.3 is 21.9 Å². The molecule has 0 aromatic carbocycles. The van der Waals surface area contributed by atoms with Gasteiger partial charge in [0.1, 0.15) is 0 Å². The summed E-state index contributed by atoms with van der Waals surface area (Å²) in [5.41, 5.74) is 0.438. The van der Waals surface area contributed by atoms with Crippen molar-refractivity contribution in [2.75, 3.05) is 7.11 Å². The molecule has 0 amide bonds. The fourth-order valence-electron chi connectivity index (χ4n) is 0.192. The van der Waals surface area contributed by atoms with Crippen LogP contribution in [0.15, 0.2) is 5.57 Å². The Morgan fingerprint density at radius 3 is 2.10 bits per heavy atom. The molecule has 0 aromatic heterocycles. The summed E-state index contributed by atoms with van der Waals surface area (Å²) < 4.78 is 4.33. The molecule has 0 spiro atoms. The molecule has 5 heteroatoms. The van der Waals surface area contributed by atoms with Crippen LogP contribution in [0.5, 0.6) is 0 Å². The summed E-state index contributed by atoms with van der Waals surface area (Å²) in [5.74, 6) is -0.359. The molecular formula is C5H6BrClMgO2. The topological polar surface area (TPSA) is 26.3 Å². The minimum Gasteiger partial charge on any atom is -1.00 e. The van der Waals surface area contributed by atoms with Crippen molar-refractivity contribution in [3.63, 3.8) is 0 Å². The molecule has 54 valence electrons. The van der Waals surface area contributed by atoms with Crippen LogP contribution in [0.1, 0.15) is 6.92 Å². The van der Waals surface area contributed by atoms with E-state index in [1.54, 1.807) is 6.92 Å². The SMILES string of the molecule is COC(=O)C(C)=[C-]Br.[Cl-].[Mg+2]. The molecule has 0 radical (unpaired) electrons. The van der Waals surface area contributed by atoms with E-state index in [-0.39, 0.29) is 41.4 Å². The van der Waals surface area contributed by atoms with Crippen LogP contribution in [0.2, 0.25) is 0 Å². The van der Waals surface area contributed by atoms with Crippen molar-refractivity contribution in [1.29, 1.82) is 0 Å². The minimum absolute atomic E-state index is 0. The molecule has 0 fully saturated rings. The Hall–Kier alpha value is 0.746. The van der Waals surface area contributed by atoms with Gasteiger partial charge in [0, 0.05) is 0 Å². The van der Waals surface area contributed by atoms with Crippen LogP contribution < -0.4 is 12.4 Å². The first kappa shape index (κ1) is 17.0. The third-order valence-corrected chi connectivity index (χ3v) is 1.23. The maximum absolute atomic E-state index is 10.4. The van der Waals surface area contributed by atoms with Crippen molar-refractivity contribution in [3.05, 3.63) is 10.6 Å². The molecule has 0 aliphatic rings. The average Bonchev–Trinajstić information content (AvgIpc) is 1.84. The number of hydrogen-bond acceptors (Lipinski definition) is 2. The van der Waals surface area contributed by atoms with Crippen molar-refractivity contribution < 1.29 is 21.9 Å². The van der Waals surface area contributed by atoms with Crippen molar-refractivity contribution >= 4 is 45.0 Å². The van der Waals surface area contributed by atoms with Crippen LogP contribution in [0.4, 0.5) is 0 Å². The Morgan fingerprint density at radius 1 is 1.60 bits per heavy atom. The fraction of sp³-hybridized carbons (Fsp3) is 0.400. The predicted molar refractivity (Wildman–Crippen MR) is 39.1 cm³/mol. The zero-order valence-corrected chi connectivity index (χ0v) is 9.54. The Bertz CT molecular complexity index is 127. The first-order chi connectivity index (χ1) is 3.72. The van der Waals surface area contributed by atoms with Gasteiger partial charge in [-0.05, 0) is 0 Å². The Kier molecular flexibility index (Phi) is 16.6. The quantitative estimate of drug-likeness (QED) is 0.226. The first-order valence-electron chi connectivity index (χ1n) is 2.01. The van der Waals surface area contributed by atoms with E-state index in [1.807, 2.05) is 0 Å². The van der Waals surface area contributed by atoms with Gasteiger partial charge in [-0.2, -0.15) is 20.9 Å². The third kappa shape index (κ3) is 6.86. The van der Waals surface area contributed by atoms with E-state index in [1.165, 1.54) is 7.11 Å². The fourth-order valence-corrected chi connectivity index (χ4v) is 0.354. The molecule has 0 aliphatic heterocycles. The number of hydrogen-bond donors (Lipinski definition) is 0. The summed E-state index contributed by atoms with van der Waals surface area (Å²) in [6, 6.07) is 0. The zero-order chi connectivity index (χ0) is 6.57. The molecule has 0 heterocycles. The number of carbonyl (C=O) groups is 1. The number of halogens is 2. The van der Waals surface area contributed by atoms with Crippen LogP contribution in [0.25, 0.3) is 0 Å². The van der Waals surface area contributed by atoms with Crippen LogP contribution in [0.3, 0.4) is 0 Å². The van der Waals surface area contributed by atoms with Crippen molar-refractivity contribution in [1.82, 2.24) is 0 Å². The summed E-state index contributed by atoms with van der Waals surface area (Å²) >= 11 is 2.87. The molecule has 0 unspecified atom stereocenters. The minimum atomic E-state index is -0.359. The molecule has 2 nitrogen and oxygen atoms in total. The Labute approximate surface area is 91.1 Å². The Morgan fingerprint density at radius 2 is 2.00 bits per heavy atom. The number of methoxy groups -OCH3 is 1. The molecular weight excluding hydrogens is 232 g/mol. The second-order valence-corrected chi connectivity index (χ2v) is 1.61. The standard InChI is InChI=1S/C5H6BrO2.ClH.Mg/c1-4(3-6)5(7)8-2;;/h1-2H3;1H;/q-1;;+2/p-1. The van der Waals surface area contributed by atoms with E-state index in [2.05, 4.69) is 25.7 Å². The van der Waals surface area contributed by atoms with E-state index < -0.39 is 0 Å². The largest absolute Gasteiger partial charge is 2.00 e. The summed E-state index contributed by atoms with van der Waals surface area (Å²) in [5, 5.41) is 0. The number of esters is 1. The maximum atomic E-state index is 10.4. The molecule has 0 rings (SSSR count). The zero-order valence-electron chi connectivity index (χ0n) is 5.78. The van der Waals surface area contributed by atoms with Gasteiger partial charge in [-0.3, -0.25) is 0 Å². The average molecular weight is 238 g/mol. The molecule has 0 aromatic rings. The van der Waals surface area contributed by atoms with Gasteiger partial charge in [0.15, 0.2) is 5.97 Å². The van der Waals surface area contributed by atoms with Gasteiger partial charge in [0.2, 0.25) is 0 Å². The summed E-state index contributed by atoms with van der Waals surface area (Å²) in [4.78, 5) is 12.9. The van der Waals surface area contributed by atoms with E-state index in [0.717, 1.165) is 0 Å². The maximum Gasteiger partial charge on any atom is 2.00 e. The van der Waals surface area contributed by atoms with E-state index in [0.29, 0.717) is 5.57 Å². The van der Waals surface area contributed by atoms with Crippen LogP contribution in [-0.4, -0.2) is 36.1 Å². The van der Waals surface area contributed by atoms with Gasteiger partial charge in [-0.1, -0.05) is 6.92 Å². The summed E-state index contributed by atoms with van der Waals surface area (Å²) in [7, 11) is 1.33. The second-order valence-electron chi connectivity index (χ2n) is 1.21. The normalized spacial score (nSPS) is 8.90. The number of rotatable bonds is 1. The van der Waals surface area contributed by atoms with Crippen molar-refractivity contribution in [2.45, 2.75) is 6.92 Å². The molecule has 0 atom stereocenters. The first-order valence-corrected chi connectivity index (χ1v) is 2.80. The van der Waals surface area contributed by atoms with Gasteiger partial charge in [-0.15, -0.1) is 5.57 Å². The molecule has 0 bridgehead atoms. The predicted octanol–water partition coefficient (Wildman–Crippen LogP) is -2.12. The van der Waals surface area contributed by atoms with Gasteiger partial charge in [0.25, 0.3) is 0 Å². The van der Waals surface area contributed by atoms with Gasteiger partial charge in [-0.25, -0.2) is 0 Å². The van der Waals surface area contributed by atoms with Gasteiger partial charge in [0.05, 0.1) is 7.11 Å².